The van der Waals surface area contributed by atoms with Crippen molar-refractivity contribution in [3.63, 3.8) is 0 Å². The molecule has 6 nitrogen and oxygen atoms in total. The van der Waals surface area contributed by atoms with Gasteiger partial charge in [0.25, 0.3) is 0 Å². The maximum Gasteiger partial charge on any atom is 0.233 e. The molecule has 2 saturated heterocycles. The molecule has 2 heterocycles. The summed E-state index contributed by atoms with van der Waals surface area (Å²) in [4.78, 5) is 15.6. The normalized spacial score (nSPS) is 21.4. The number of amides is 1. The summed E-state index contributed by atoms with van der Waals surface area (Å²) in [5, 5.41) is 0. The zero-order valence-corrected chi connectivity index (χ0v) is 17.3. The Morgan fingerprint density at radius 2 is 1.78 bits per heavy atom. The van der Waals surface area contributed by atoms with Gasteiger partial charge in [0.1, 0.15) is 0 Å². The van der Waals surface area contributed by atoms with Crippen LogP contribution in [0.5, 0.6) is 0 Å². The number of carbonyl (C=O) groups is 1. The van der Waals surface area contributed by atoms with E-state index in [1.807, 2.05) is 17.0 Å². The highest BCUT2D eigenvalue weighted by molar-refractivity contribution is 7.88. The minimum atomic E-state index is -3.21. The summed E-state index contributed by atoms with van der Waals surface area (Å²) in [5.41, 5.74) is 1.72. The summed E-state index contributed by atoms with van der Waals surface area (Å²) >= 11 is 0. The van der Waals surface area contributed by atoms with Gasteiger partial charge in [-0.05, 0) is 43.7 Å². The molecule has 1 amide bonds. The van der Waals surface area contributed by atoms with Crippen molar-refractivity contribution in [3.8, 4) is 0 Å². The number of carbonyl (C=O) groups excluding carboxylic acids is 1. The second-order valence-electron chi connectivity index (χ2n) is 7.81. The number of likely N-dealkylation sites (tertiary alicyclic amines) is 1. The third kappa shape index (κ3) is 4.05. The number of sulfonamides is 1. The summed E-state index contributed by atoms with van der Waals surface area (Å²) in [6, 6.07) is 8.10. The van der Waals surface area contributed by atoms with Crippen molar-refractivity contribution in [2.45, 2.75) is 44.1 Å². The van der Waals surface area contributed by atoms with Gasteiger partial charge in [0.2, 0.25) is 15.9 Å². The number of aryl methyl sites for hydroxylation is 1. The van der Waals surface area contributed by atoms with E-state index in [0.29, 0.717) is 52.0 Å². The summed E-state index contributed by atoms with van der Waals surface area (Å²) in [5.74, 6) is 0.167. The van der Waals surface area contributed by atoms with Crippen LogP contribution in [0.1, 0.15) is 36.8 Å². The average molecular weight is 395 g/mol. The second-order valence-corrected chi connectivity index (χ2v) is 9.85. The van der Waals surface area contributed by atoms with Crippen molar-refractivity contribution < 1.29 is 17.9 Å². The van der Waals surface area contributed by atoms with Crippen molar-refractivity contribution >= 4 is 15.9 Å². The Bertz CT molecular complexity index is 779. The van der Waals surface area contributed by atoms with Crippen LogP contribution in [0.25, 0.3) is 0 Å². The molecule has 0 saturated carbocycles. The van der Waals surface area contributed by atoms with E-state index in [-0.39, 0.29) is 11.9 Å². The van der Waals surface area contributed by atoms with E-state index in [4.69, 9.17) is 4.74 Å². The van der Waals surface area contributed by atoms with Crippen molar-refractivity contribution in [3.05, 3.63) is 35.4 Å². The molecule has 7 heteroatoms. The maximum atomic E-state index is 13.6. The topological polar surface area (TPSA) is 66.9 Å². The molecule has 27 heavy (non-hydrogen) atoms. The molecule has 2 aliphatic heterocycles. The van der Waals surface area contributed by atoms with Crippen molar-refractivity contribution in [2.75, 3.05) is 39.6 Å². The fourth-order valence-electron chi connectivity index (χ4n) is 4.43. The number of ether oxygens (including phenoxy) is 1. The van der Waals surface area contributed by atoms with E-state index in [9.17, 15) is 13.2 Å². The van der Waals surface area contributed by atoms with Crippen LogP contribution >= 0.6 is 0 Å². The van der Waals surface area contributed by atoms with Gasteiger partial charge in [0.05, 0.1) is 11.7 Å². The lowest BCUT2D eigenvalue weighted by Gasteiger charge is -2.43. The number of piperidine rings is 1. The minimum Gasteiger partial charge on any atom is -0.381 e. The summed E-state index contributed by atoms with van der Waals surface area (Å²) in [7, 11) is -1.58. The first-order valence-electron chi connectivity index (χ1n) is 9.62. The van der Waals surface area contributed by atoms with E-state index >= 15 is 0 Å². The van der Waals surface area contributed by atoms with Crippen LogP contribution in [0.2, 0.25) is 0 Å². The lowest BCUT2D eigenvalue weighted by Crippen LogP contribution is -2.54. The van der Waals surface area contributed by atoms with Crippen molar-refractivity contribution in [1.82, 2.24) is 9.21 Å². The average Bonchev–Trinajstić information content (AvgIpc) is 2.67. The third-order valence-corrected chi connectivity index (χ3v) is 7.55. The van der Waals surface area contributed by atoms with E-state index in [1.165, 1.54) is 10.6 Å². The fourth-order valence-corrected chi connectivity index (χ4v) is 5.19. The molecule has 0 radical (unpaired) electrons. The molecule has 0 bridgehead atoms. The molecular weight excluding hydrogens is 364 g/mol. The molecule has 3 rings (SSSR count). The Balaban J connectivity index is 1.80. The van der Waals surface area contributed by atoms with E-state index < -0.39 is 15.4 Å². The van der Waals surface area contributed by atoms with Gasteiger partial charge in [0.15, 0.2) is 0 Å². The zero-order valence-electron chi connectivity index (χ0n) is 16.5. The van der Waals surface area contributed by atoms with Gasteiger partial charge < -0.3 is 9.64 Å². The molecule has 1 aromatic rings. The lowest BCUT2D eigenvalue weighted by atomic mass is 9.71. The van der Waals surface area contributed by atoms with Crippen LogP contribution in [-0.4, -0.2) is 69.2 Å². The van der Waals surface area contributed by atoms with Gasteiger partial charge in [-0.3, -0.25) is 4.79 Å². The van der Waals surface area contributed by atoms with E-state index in [1.54, 1.807) is 7.05 Å². The minimum absolute atomic E-state index is 0.0341. The van der Waals surface area contributed by atoms with Gasteiger partial charge >= 0.3 is 0 Å². The molecule has 0 spiro atoms. The fraction of sp³-hybridized carbons (Fsp3) is 0.650. The van der Waals surface area contributed by atoms with Gasteiger partial charge in [0, 0.05) is 39.4 Å². The molecule has 0 aromatic heterocycles. The number of hydrogen-bond acceptors (Lipinski definition) is 4. The molecule has 150 valence electrons. The van der Waals surface area contributed by atoms with Gasteiger partial charge in [-0.1, -0.05) is 24.3 Å². The van der Waals surface area contributed by atoms with Gasteiger partial charge in [-0.25, -0.2) is 12.7 Å². The van der Waals surface area contributed by atoms with Gasteiger partial charge in [-0.2, -0.15) is 0 Å². The highest BCUT2D eigenvalue weighted by atomic mass is 32.2. The first-order valence-corrected chi connectivity index (χ1v) is 11.5. The maximum absolute atomic E-state index is 13.6. The van der Waals surface area contributed by atoms with Crippen LogP contribution in [0.15, 0.2) is 24.3 Å². The number of hydrogen-bond donors (Lipinski definition) is 0. The number of benzene rings is 1. The van der Waals surface area contributed by atoms with Crippen LogP contribution in [0.3, 0.4) is 0 Å². The largest absolute Gasteiger partial charge is 0.381 e. The van der Waals surface area contributed by atoms with Crippen LogP contribution in [0, 0.1) is 6.92 Å². The molecule has 0 N–H and O–H groups in total. The van der Waals surface area contributed by atoms with Crippen LogP contribution in [0.4, 0.5) is 0 Å². The second kappa shape index (κ2) is 7.89. The Morgan fingerprint density at radius 1 is 1.19 bits per heavy atom. The molecule has 0 unspecified atom stereocenters. The SMILES string of the molecule is Cc1ccccc1C1(C(=O)N2CCC(N(C)S(C)(=O)=O)CC2)CCOCC1. The molecule has 2 fully saturated rings. The number of rotatable bonds is 4. The van der Waals surface area contributed by atoms with Crippen LogP contribution < -0.4 is 0 Å². The lowest BCUT2D eigenvalue weighted by molar-refractivity contribution is -0.142. The first-order chi connectivity index (χ1) is 12.8. The quantitative estimate of drug-likeness (QED) is 0.783. The van der Waals surface area contributed by atoms with Crippen LogP contribution in [-0.2, 0) is 25.0 Å². The molecule has 0 atom stereocenters. The third-order valence-electron chi connectivity index (χ3n) is 6.21. The van der Waals surface area contributed by atoms with Crippen molar-refractivity contribution in [2.24, 2.45) is 0 Å². The monoisotopic (exact) mass is 394 g/mol. The summed E-state index contributed by atoms with van der Waals surface area (Å²) < 4.78 is 30.6. The highest BCUT2D eigenvalue weighted by Gasteiger charge is 2.45. The summed E-state index contributed by atoms with van der Waals surface area (Å²) in [6.07, 6.45) is 3.98. The highest BCUT2D eigenvalue weighted by Crippen LogP contribution is 2.39. The number of nitrogens with zero attached hydrogens (tertiary/aromatic N) is 2. The predicted octanol–water partition coefficient (Wildman–Crippen LogP) is 1.93. The zero-order chi connectivity index (χ0) is 19.7. The standard InChI is InChI=1S/C20H30N2O4S/c1-16-6-4-5-7-18(16)20(10-14-26-15-11-20)19(23)22-12-8-17(9-13-22)21(2)27(3,24)25/h4-7,17H,8-15H2,1-3H3. The Morgan fingerprint density at radius 3 is 2.33 bits per heavy atom. The molecular formula is C20H30N2O4S. The summed E-state index contributed by atoms with van der Waals surface area (Å²) in [6.45, 7) is 4.43. The molecule has 1 aromatic carbocycles. The van der Waals surface area contributed by atoms with Crippen molar-refractivity contribution in [1.29, 1.82) is 0 Å². The van der Waals surface area contributed by atoms with E-state index in [2.05, 4.69) is 19.1 Å². The molecule has 2 aliphatic rings. The Kier molecular flexibility index (Phi) is 5.93. The van der Waals surface area contributed by atoms with E-state index in [0.717, 1.165) is 11.1 Å². The Labute approximate surface area is 162 Å². The Hall–Kier alpha value is -1.44. The molecule has 0 aliphatic carbocycles. The first kappa shape index (κ1) is 20.3. The predicted molar refractivity (Wildman–Crippen MR) is 105 cm³/mol. The smallest absolute Gasteiger partial charge is 0.233 e. The van der Waals surface area contributed by atoms with Gasteiger partial charge in [-0.15, -0.1) is 0 Å².